The standard InChI is InChI=1S/C22H25NO3S/c1-16(2)27-19-10-8-17(9-11-19)20(24)23-14-12-22(13-15-23,21(25)26)18-6-4-3-5-7-18/h3-11,16H,12-15H2,1-2H3,(H,25,26). The number of amides is 1. The molecule has 2 aromatic rings. The van der Waals surface area contributed by atoms with Crippen LogP contribution in [0.3, 0.4) is 0 Å². The minimum absolute atomic E-state index is 0.0249. The summed E-state index contributed by atoms with van der Waals surface area (Å²) in [4.78, 5) is 27.8. The fraction of sp³-hybridized carbons (Fsp3) is 0.364. The number of nitrogens with zero attached hydrogens (tertiary/aromatic N) is 1. The van der Waals surface area contributed by atoms with Crippen molar-refractivity contribution >= 4 is 23.6 Å². The van der Waals surface area contributed by atoms with Crippen LogP contribution < -0.4 is 0 Å². The Bertz CT molecular complexity index is 794. The third kappa shape index (κ3) is 4.19. The summed E-state index contributed by atoms with van der Waals surface area (Å²) in [6.45, 7) is 5.17. The molecule has 142 valence electrons. The van der Waals surface area contributed by atoms with E-state index in [4.69, 9.17) is 0 Å². The van der Waals surface area contributed by atoms with Crippen LogP contribution in [0.4, 0.5) is 0 Å². The smallest absolute Gasteiger partial charge is 0.314 e. The van der Waals surface area contributed by atoms with Gasteiger partial charge in [0, 0.05) is 28.8 Å². The Labute approximate surface area is 164 Å². The predicted octanol–water partition coefficient (Wildman–Crippen LogP) is 4.45. The van der Waals surface area contributed by atoms with E-state index in [2.05, 4.69) is 13.8 Å². The van der Waals surface area contributed by atoms with Gasteiger partial charge in [-0.05, 0) is 42.7 Å². The van der Waals surface area contributed by atoms with E-state index in [1.165, 1.54) is 0 Å². The van der Waals surface area contributed by atoms with E-state index in [0.717, 1.165) is 10.5 Å². The lowest BCUT2D eigenvalue weighted by Crippen LogP contribution is -2.49. The molecule has 3 rings (SSSR count). The maximum atomic E-state index is 12.8. The molecule has 1 aliphatic rings. The zero-order valence-electron chi connectivity index (χ0n) is 15.7. The highest BCUT2D eigenvalue weighted by molar-refractivity contribution is 7.99. The van der Waals surface area contributed by atoms with E-state index in [-0.39, 0.29) is 5.91 Å². The number of carboxylic acids is 1. The second-order valence-corrected chi connectivity index (χ2v) is 8.89. The summed E-state index contributed by atoms with van der Waals surface area (Å²) in [5.41, 5.74) is 0.570. The van der Waals surface area contributed by atoms with Crippen molar-refractivity contribution in [1.29, 1.82) is 0 Å². The highest BCUT2D eigenvalue weighted by Gasteiger charge is 2.43. The summed E-state index contributed by atoms with van der Waals surface area (Å²) >= 11 is 1.76. The summed E-state index contributed by atoms with van der Waals surface area (Å²) in [7, 11) is 0. The van der Waals surface area contributed by atoms with Crippen LogP contribution in [0.2, 0.25) is 0 Å². The van der Waals surface area contributed by atoms with Crippen LogP contribution in [0.5, 0.6) is 0 Å². The molecule has 0 unspecified atom stereocenters. The Morgan fingerprint density at radius 1 is 1.00 bits per heavy atom. The molecule has 4 nitrogen and oxygen atoms in total. The molecule has 0 spiro atoms. The fourth-order valence-corrected chi connectivity index (χ4v) is 4.44. The van der Waals surface area contributed by atoms with Crippen LogP contribution in [0, 0.1) is 0 Å². The first-order valence-corrected chi connectivity index (χ1v) is 10.2. The number of carbonyl (C=O) groups excluding carboxylic acids is 1. The van der Waals surface area contributed by atoms with Crippen molar-refractivity contribution in [3.05, 3.63) is 65.7 Å². The molecule has 27 heavy (non-hydrogen) atoms. The molecule has 1 heterocycles. The van der Waals surface area contributed by atoms with E-state index >= 15 is 0 Å². The van der Waals surface area contributed by atoms with Gasteiger partial charge in [-0.15, -0.1) is 11.8 Å². The lowest BCUT2D eigenvalue weighted by Gasteiger charge is -2.39. The molecule has 0 bridgehead atoms. The number of hydrogen-bond donors (Lipinski definition) is 1. The zero-order chi connectivity index (χ0) is 19.4. The molecule has 0 radical (unpaired) electrons. The van der Waals surface area contributed by atoms with E-state index in [0.29, 0.717) is 36.7 Å². The number of carboxylic acid groups (broad SMARTS) is 1. The highest BCUT2D eigenvalue weighted by Crippen LogP contribution is 2.36. The van der Waals surface area contributed by atoms with Gasteiger partial charge < -0.3 is 10.0 Å². The Kier molecular flexibility index (Phi) is 5.90. The van der Waals surface area contributed by atoms with Crippen LogP contribution in [-0.2, 0) is 10.2 Å². The molecule has 1 N–H and O–H groups in total. The van der Waals surface area contributed by atoms with Gasteiger partial charge in [0.05, 0.1) is 5.41 Å². The molecule has 0 saturated carbocycles. The van der Waals surface area contributed by atoms with E-state index in [9.17, 15) is 14.7 Å². The number of carbonyl (C=O) groups is 2. The van der Waals surface area contributed by atoms with E-state index < -0.39 is 11.4 Å². The molecule has 1 aliphatic heterocycles. The van der Waals surface area contributed by atoms with Crippen molar-refractivity contribution in [2.75, 3.05) is 13.1 Å². The number of rotatable bonds is 5. The average molecular weight is 384 g/mol. The number of benzene rings is 2. The normalized spacial score (nSPS) is 16.3. The van der Waals surface area contributed by atoms with E-state index in [1.807, 2.05) is 54.6 Å². The second kappa shape index (κ2) is 8.17. The summed E-state index contributed by atoms with van der Waals surface area (Å²) in [5, 5.41) is 10.4. The van der Waals surface area contributed by atoms with Crippen LogP contribution in [-0.4, -0.2) is 40.2 Å². The van der Waals surface area contributed by atoms with Crippen molar-refractivity contribution in [2.45, 2.75) is 42.2 Å². The first-order valence-electron chi connectivity index (χ1n) is 9.27. The Hall–Kier alpha value is -2.27. The van der Waals surface area contributed by atoms with Crippen molar-refractivity contribution in [3.63, 3.8) is 0 Å². The van der Waals surface area contributed by atoms with Crippen LogP contribution in [0.1, 0.15) is 42.6 Å². The minimum atomic E-state index is -0.907. The molecule has 1 amide bonds. The monoisotopic (exact) mass is 383 g/mol. The third-order valence-corrected chi connectivity index (χ3v) is 6.13. The van der Waals surface area contributed by atoms with Gasteiger partial charge in [0.15, 0.2) is 0 Å². The molecule has 0 aromatic heterocycles. The van der Waals surface area contributed by atoms with Crippen LogP contribution in [0.25, 0.3) is 0 Å². The molecule has 0 atom stereocenters. The highest BCUT2D eigenvalue weighted by atomic mass is 32.2. The molecular weight excluding hydrogens is 358 g/mol. The summed E-state index contributed by atoms with van der Waals surface area (Å²) < 4.78 is 0. The molecule has 1 saturated heterocycles. The van der Waals surface area contributed by atoms with Crippen molar-refractivity contribution in [2.24, 2.45) is 0 Å². The zero-order valence-corrected chi connectivity index (χ0v) is 16.5. The van der Waals surface area contributed by atoms with E-state index in [1.54, 1.807) is 16.7 Å². The first-order chi connectivity index (χ1) is 12.9. The van der Waals surface area contributed by atoms with Crippen molar-refractivity contribution in [1.82, 2.24) is 4.90 Å². The van der Waals surface area contributed by atoms with Crippen molar-refractivity contribution in [3.8, 4) is 0 Å². The van der Waals surface area contributed by atoms with Crippen molar-refractivity contribution < 1.29 is 14.7 Å². The van der Waals surface area contributed by atoms with Gasteiger partial charge >= 0.3 is 5.97 Å². The minimum Gasteiger partial charge on any atom is -0.481 e. The number of piperidine rings is 1. The number of thioether (sulfide) groups is 1. The Balaban J connectivity index is 1.71. The molecule has 5 heteroatoms. The Morgan fingerprint density at radius 3 is 2.11 bits per heavy atom. The second-order valence-electron chi connectivity index (χ2n) is 7.24. The molecule has 0 aliphatic carbocycles. The summed E-state index contributed by atoms with van der Waals surface area (Å²) in [5.74, 6) is -0.834. The van der Waals surface area contributed by atoms with Gasteiger partial charge in [-0.25, -0.2) is 0 Å². The van der Waals surface area contributed by atoms with Gasteiger partial charge in [0.2, 0.25) is 0 Å². The fourth-order valence-electron chi connectivity index (χ4n) is 3.61. The summed E-state index contributed by atoms with van der Waals surface area (Å²) in [6, 6.07) is 17.1. The van der Waals surface area contributed by atoms with Gasteiger partial charge in [-0.2, -0.15) is 0 Å². The quantitative estimate of drug-likeness (QED) is 0.775. The average Bonchev–Trinajstić information content (AvgIpc) is 2.68. The number of likely N-dealkylation sites (tertiary alicyclic amines) is 1. The SMILES string of the molecule is CC(C)Sc1ccc(C(=O)N2CCC(C(=O)O)(c3ccccc3)CC2)cc1. The maximum absolute atomic E-state index is 12.8. The predicted molar refractivity (Wildman–Crippen MR) is 108 cm³/mol. The van der Waals surface area contributed by atoms with Crippen LogP contribution >= 0.6 is 11.8 Å². The topological polar surface area (TPSA) is 57.6 Å². The number of aliphatic carboxylic acids is 1. The lowest BCUT2D eigenvalue weighted by molar-refractivity contribution is -0.145. The Morgan fingerprint density at radius 2 is 1.59 bits per heavy atom. The van der Waals surface area contributed by atoms with Gasteiger partial charge in [0.25, 0.3) is 5.91 Å². The first kappa shape index (κ1) is 19.5. The van der Waals surface area contributed by atoms with Crippen LogP contribution in [0.15, 0.2) is 59.5 Å². The lowest BCUT2D eigenvalue weighted by atomic mass is 9.73. The third-order valence-electron chi connectivity index (χ3n) is 5.11. The maximum Gasteiger partial charge on any atom is 0.314 e. The van der Waals surface area contributed by atoms with Gasteiger partial charge in [-0.1, -0.05) is 44.2 Å². The number of hydrogen-bond acceptors (Lipinski definition) is 3. The molecule has 1 fully saturated rings. The largest absolute Gasteiger partial charge is 0.481 e. The molecular formula is C22H25NO3S. The van der Waals surface area contributed by atoms with Gasteiger partial charge in [0.1, 0.15) is 0 Å². The molecule has 2 aromatic carbocycles. The van der Waals surface area contributed by atoms with Gasteiger partial charge in [-0.3, -0.25) is 9.59 Å². The summed E-state index contributed by atoms with van der Waals surface area (Å²) in [6.07, 6.45) is 0.860.